The Morgan fingerprint density at radius 3 is 2.74 bits per heavy atom. The lowest BCUT2D eigenvalue weighted by atomic mass is 9.97. The molecule has 1 fully saturated rings. The molecule has 0 amide bonds. The molecule has 1 aromatic carbocycles. The van der Waals surface area contributed by atoms with Crippen LogP contribution in [0.1, 0.15) is 30.4 Å². The van der Waals surface area contributed by atoms with Gasteiger partial charge in [0.25, 0.3) is 0 Å². The van der Waals surface area contributed by atoms with Crippen LogP contribution in [0.25, 0.3) is 0 Å². The number of piperidine rings is 1. The van der Waals surface area contributed by atoms with Gasteiger partial charge in [-0.05, 0) is 25.0 Å². The predicted octanol–water partition coefficient (Wildman–Crippen LogP) is 0.678. The smallest absolute Gasteiger partial charge is 0.243 e. The molecule has 0 unspecified atom stereocenters. The molecular weight excluding hydrogens is 370 g/mol. The Morgan fingerprint density at radius 1 is 1.07 bits per heavy atom. The van der Waals surface area contributed by atoms with Crippen LogP contribution in [0.2, 0.25) is 0 Å². The van der Waals surface area contributed by atoms with Crippen molar-refractivity contribution >= 4 is 10.0 Å². The average molecular weight is 391 g/mol. The highest BCUT2D eigenvalue weighted by Gasteiger charge is 2.33. The number of hydrogen-bond acceptors (Lipinski definition) is 7. The zero-order valence-electron chi connectivity index (χ0n) is 14.8. The maximum absolute atomic E-state index is 13.0. The molecule has 0 saturated carbocycles. The minimum absolute atomic E-state index is 0.127. The molecule has 0 spiro atoms. The van der Waals surface area contributed by atoms with Crippen molar-refractivity contribution in [1.29, 1.82) is 0 Å². The number of fused-ring (bicyclic) bond motifs is 2. The van der Waals surface area contributed by atoms with Crippen molar-refractivity contribution in [2.75, 3.05) is 26.4 Å². The van der Waals surface area contributed by atoms with Crippen LogP contribution in [0.5, 0.6) is 11.5 Å². The summed E-state index contributed by atoms with van der Waals surface area (Å²) in [4.78, 5) is 0.246. The molecule has 3 aliphatic heterocycles. The molecule has 0 aliphatic carbocycles. The van der Waals surface area contributed by atoms with E-state index in [0.29, 0.717) is 24.6 Å². The topological polar surface area (TPSA) is 98.6 Å². The minimum atomic E-state index is -3.55. The second-order valence-electron chi connectivity index (χ2n) is 7.00. The van der Waals surface area contributed by atoms with Crippen molar-refractivity contribution in [3.05, 3.63) is 29.8 Å². The van der Waals surface area contributed by atoms with Gasteiger partial charge >= 0.3 is 0 Å². The van der Waals surface area contributed by atoms with Crippen LogP contribution in [-0.2, 0) is 23.1 Å². The van der Waals surface area contributed by atoms with Crippen molar-refractivity contribution in [3.63, 3.8) is 0 Å². The zero-order chi connectivity index (χ0) is 18.4. The van der Waals surface area contributed by atoms with Crippen molar-refractivity contribution in [1.82, 2.24) is 24.4 Å². The van der Waals surface area contributed by atoms with Gasteiger partial charge in [-0.3, -0.25) is 0 Å². The van der Waals surface area contributed by atoms with E-state index < -0.39 is 10.0 Å². The van der Waals surface area contributed by atoms with Crippen molar-refractivity contribution in [2.45, 2.75) is 36.7 Å². The summed E-state index contributed by atoms with van der Waals surface area (Å²) in [6, 6.07) is 4.78. The van der Waals surface area contributed by atoms with E-state index in [2.05, 4.69) is 20.1 Å². The quantitative estimate of drug-likeness (QED) is 0.821. The maximum atomic E-state index is 13.0. The van der Waals surface area contributed by atoms with E-state index in [1.807, 2.05) is 0 Å². The van der Waals surface area contributed by atoms with E-state index >= 15 is 0 Å². The Labute approximate surface area is 157 Å². The van der Waals surface area contributed by atoms with Gasteiger partial charge < -0.3 is 19.4 Å². The average Bonchev–Trinajstić information content (AvgIpc) is 3.34. The third-order valence-electron chi connectivity index (χ3n) is 5.45. The van der Waals surface area contributed by atoms with E-state index in [-0.39, 0.29) is 17.6 Å². The Kier molecular flexibility index (Phi) is 4.06. The second kappa shape index (κ2) is 6.47. The molecule has 0 bridgehead atoms. The van der Waals surface area contributed by atoms with Gasteiger partial charge in [0, 0.05) is 38.2 Å². The van der Waals surface area contributed by atoms with E-state index in [1.54, 1.807) is 22.5 Å². The first-order valence-electron chi connectivity index (χ1n) is 9.15. The lowest BCUT2D eigenvalue weighted by Crippen LogP contribution is -2.38. The fourth-order valence-corrected chi connectivity index (χ4v) is 5.44. The largest absolute Gasteiger partial charge is 0.454 e. The first-order chi connectivity index (χ1) is 13.1. The number of benzene rings is 1. The van der Waals surface area contributed by atoms with Gasteiger partial charge in [-0.25, -0.2) is 8.42 Å². The zero-order valence-corrected chi connectivity index (χ0v) is 15.6. The predicted molar refractivity (Wildman–Crippen MR) is 95.0 cm³/mol. The fourth-order valence-electron chi connectivity index (χ4n) is 3.96. The molecule has 4 heterocycles. The van der Waals surface area contributed by atoms with E-state index in [9.17, 15) is 8.42 Å². The Balaban J connectivity index is 1.32. The summed E-state index contributed by atoms with van der Waals surface area (Å²) in [7, 11) is -3.55. The highest BCUT2D eigenvalue weighted by molar-refractivity contribution is 7.89. The third-order valence-corrected chi connectivity index (χ3v) is 7.35. The van der Waals surface area contributed by atoms with Gasteiger partial charge in [0.15, 0.2) is 11.5 Å². The summed E-state index contributed by atoms with van der Waals surface area (Å²) in [6.07, 6.45) is 1.49. The molecule has 0 atom stereocenters. The maximum Gasteiger partial charge on any atom is 0.243 e. The van der Waals surface area contributed by atoms with Gasteiger partial charge in [0.2, 0.25) is 16.8 Å². The standard InChI is InChI=1S/C17H21N5O4S/c23-27(24,13-1-2-14-15(9-13)26-11-25-14)21-6-3-12(4-7-21)17-20-19-16-10-18-5-8-22(16)17/h1-2,9,12,18H,3-8,10-11H2. The number of nitrogens with zero attached hydrogens (tertiary/aromatic N) is 4. The number of sulfonamides is 1. The summed E-state index contributed by atoms with van der Waals surface area (Å²) in [6.45, 7) is 3.60. The van der Waals surface area contributed by atoms with E-state index in [0.717, 1.165) is 44.1 Å². The first-order valence-corrected chi connectivity index (χ1v) is 10.6. The molecule has 2 aromatic rings. The highest BCUT2D eigenvalue weighted by atomic mass is 32.2. The third kappa shape index (κ3) is 2.88. The summed E-state index contributed by atoms with van der Waals surface area (Å²) in [5, 5.41) is 11.9. The molecule has 10 heteroatoms. The Hall–Kier alpha value is -2.17. The lowest BCUT2D eigenvalue weighted by Gasteiger charge is -2.31. The first kappa shape index (κ1) is 17.0. The minimum Gasteiger partial charge on any atom is -0.454 e. The molecule has 1 N–H and O–H groups in total. The molecule has 1 saturated heterocycles. The Bertz CT molecular complexity index is 966. The van der Waals surface area contributed by atoms with E-state index in [1.165, 1.54) is 0 Å². The number of nitrogens with one attached hydrogen (secondary N) is 1. The number of rotatable bonds is 3. The van der Waals surface area contributed by atoms with Crippen molar-refractivity contribution in [2.24, 2.45) is 0 Å². The van der Waals surface area contributed by atoms with Crippen LogP contribution in [0.4, 0.5) is 0 Å². The van der Waals surface area contributed by atoms with Crippen LogP contribution in [-0.4, -0.2) is 53.9 Å². The van der Waals surface area contributed by atoms with Crippen molar-refractivity contribution < 1.29 is 17.9 Å². The van der Waals surface area contributed by atoms with Crippen LogP contribution >= 0.6 is 0 Å². The van der Waals surface area contributed by atoms with E-state index in [4.69, 9.17) is 9.47 Å². The summed E-state index contributed by atoms with van der Waals surface area (Å²) >= 11 is 0. The summed E-state index contributed by atoms with van der Waals surface area (Å²) < 4.78 is 40.3. The van der Waals surface area contributed by atoms with Gasteiger partial charge in [-0.15, -0.1) is 10.2 Å². The SMILES string of the molecule is O=S(=O)(c1ccc2c(c1)OCO2)N1CCC(c2nnc3n2CCNC3)CC1. The molecule has 5 rings (SSSR count). The summed E-state index contributed by atoms with van der Waals surface area (Å²) in [5.41, 5.74) is 0. The van der Waals surface area contributed by atoms with Crippen LogP contribution < -0.4 is 14.8 Å². The molecule has 0 radical (unpaired) electrons. The molecule has 3 aliphatic rings. The number of ether oxygens (including phenoxy) is 2. The molecule has 1 aromatic heterocycles. The van der Waals surface area contributed by atoms with Crippen molar-refractivity contribution in [3.8, 4) is 11.5 Å². The summed E-state index contributed by atoms with van der Waals surface area (Å²) in [5.74, 6) is 3.26. The van der Waals surface area contributed by atoms with Crippen LogP contribution in [0.3, 0.4) is 0 Å². The van der Waals surface area contributed by atoms with Gasteiger partial charge in [0.1, 0.15) is 11.6 Å². The highest BCUT2D eigenvalue weighted by Crippen LogP contribution is 2.36. The Morgan fingerprint density at radius 2 is 1.89 bits per heavy atom. The monoisotopic (exact) mass is 391 g/mol. The second-order valence-corrected chi connectivity index (χ2v) is 8.93. The van der Waals surface area contributed by atoms with Crippen LogP contribution in [0.15, 0.2) is 23.1 Å². The molecular formula is C17H21N5O4S. The number of hydrogen-bond donors (Lipinski definition) is 1. The molecule has 9 nitrogen and oxygen atoms in total. The number of aromatic nitrogens is 3. The normalized spacial score (nSPS) is 20.6. The van der Waals surface area contributed by atoms with Gasteiger partial charge in [-0.1, -0.05) is 0 Å². The van der Waals surface area contributed by atoms with Gasteiger partial charge in [0.05, 0.1) is 11.4 Å². The van der Waals surface area contributed by atoms with Gasteiger partial charge in [-0.2, -0.15) is 4.31 Å². The molecule has 144 valence electrons. The fraction of sp³-hybridized carbons (Fsp3) is 0.529. The van der Waals surface area contributed by atoms with Crippen LogP contribution in [0, 0.1) is 0 Å². The lowest BCUT2D eigenvalue weighted by molar-refractivity contribution is 0.174. The molecule has 27 heavy (non-hydrogen) atoms.